The number of carbonyl (C=O) groups excluding carboxylic acids is 1. The van der Waals surface area contributed by atoms with E-state index in [9.17, 15) is 15.0 Å². The normalized spacial score (nSPS) is 17.6. The molecule has 1 amide bonds. The van der Waals surface area contributed by atoms with Crippen molar-refractivity contribution in [2.24, 2.45) is 23.7 Å². The molecule has 39 heavy (non-hydrogen) atoms. The van der Waals surface area contributed by atoms with Gasteiger partial charge in [0, 0.05) is 32.6 Å². The molecule has 1 fully saturated rings. The summed E-state index contributed by atoms with van der Waals surface area (Å²) in [6.45, 7) is 10.0. The molecule has 1 saturated carbocycles. The van der Waals surface area contributed by atoms with Crippen LogP contribution in [0.1, 0.15) is 91.0 Å². The van der Waals surface area contributed by atoms with Crippen LogP contribution in [-0.4, -0.2) is 61.8 Å². The molecule has 7 heteroatoms. The highest BCUT2D eigenvalue weighted by atomic mass is 16.5. The van der Waals surface area contributed by atoms with E-state index in [4.69, 9.17) is 14.2 Å². The van der Waals surface area contributed by atoms with Gasteiger partial charge in [0.25, 0.3) is 0 Å². The number of ether oxygens (including phenoxy) is 3. The fourth-order valence-electron chi connectivity index (χ4n) is 5.59. The number of rotatable bonds is 18. The first kappa shape index (κ1) is 33.4. The Kier molecular flexibility index (Phi) is 14.6. The van der Waals surface area contributed by atoms with Crippen LogP contribution in [-0.2, 0) is 16.0 Å². The molecule has 1 aliphatic rings. The van der Waals surface area contributed by atoms with Crippen LogP contribution >= 0.6 is 0 Å². The molecule has 0 spiro atoms. The first-order valence-electron chi connectivity index (χ1n) is 15.0. The summed E-state index contributed by atoms with van der Waals surface area (Å²) in [5, 5.41) is 24.7. The summed E-state index contributed by atoms with van der Waals surface area (Å²) >= 11 is 0. The van der Waals surface area contributed by atoms with Crippen LogP contribution < -0.4 is 14.8 Å². The quantitative estimate of drug-likeness (QED) is 0.208. The highest BCUT2D eigenvalue weighted by Gasteiger charge is 2.32. The zero-order valence-electron chi connectivity index (χ0n) is 25.3. The average Bonchev–Trinajstić information content (AvgIpc) is 2.91. The zero-order valence-corrected chi connectivity index (χ0v) is 25.3. The van der Waals surface area contributed by atoms with Gasteiger partial charge in [-0.2, -0.15) is 0 Å². The third-order valence-electron chi connectivity index (χ3n) is 8.33. The summed E-state index contributed by atoms with van der Waals surface area (Å²) in [6.07, 6.45) is 7.78. The Morgan fingerprint density at radius 2 is 1.72 bits per heavy atom. The summed E-state index contributed by atoms with van der Waals surface area (Å²) in [6, 6.07) is 6.12. The minimum atomic E-state index is -0.783. The van der Waals surface area contributed by atoms with Crippen molar-refractivity contribution in [2.75, 3.05) is 34.0 Å². The fourth-order valence-corrected chi connectivity index (χ4v) is 5.59. The molecule has 0 aromatic heterocycles. The molecule has 224 valence electrons. The Balaban J connectivity index is 1.92. The number of aliphatic hydroxyl groups is 2. The van der Waals surface area contributed by atoms with E-state index < -0.39 is 11.7 Å². The van der Waals surface area contributed by atoms with Crippen molar-refractivity contribution < 1.29 is 29.2 Å². The average molecular weight is 550 g/mol. The van der Waals surface area contributed by atoms with E-state index in [2.05, 4.69) is 31.3 Å². The second-order valence-corrected chi connectivity index (χ2v) is 12.2. The maximum Gasteiger partial charge on any atom is 0.223 e. The molecule has 2 unspecified atom stereocenters. The van der Waals surface area contributed by atoms with Crippen molar-refractivity contribution in [1.82, 2.24) is 5.32 Å². The molecule has 0 bridgehead atoms. The van der Waals surface area contributed by atoms with Gasteiger partial charge in [-0.25, -0.2) is 0 Å². The minimum absolute atomic E-state index is 0.0558. The van der Waals surface area contributed by atoms with Crippen LogP contribution in [0, 0.1) is 23.7 Å². The van der Waals surface area contributed by atoms with Gasteiger partial charge in [-0.1, -0.05) is 53.0 Å². The molecule has 1 aromatic rings. The largest absolute Gasteiger partial charge is 0.493 e. The molecule has 3 atom stereocenters. The summed E-state index contributed by atoms with van der Waals surface area (Å²) in [7, 11) is 3.34. The standard InChI is InChI=1S/C32H55NO6/c1-23(2)26(19-25-11-14-29(38-6)30(20-25)39-18-10-17-37-5)12-13-27(34)21-28(24(3)4)31(35)33-22-32(36)15-8-7-9-16-32/h11,14,20,23-24,26-28,34,36H,7-10,12-13,15-19,21-22H2,1-6H3,(H,33,35)/t26?,27-,28?/m1/s1. The Morgan fingerprint density at radius 3 is 2.33 bits per heavy atom. The molecule has 3 N–H and O–H groups in total. The van der Waals surface area contributed by atoms with E-state index in [-0.39, 0.29) is 17.7 Å². The smallest absolute Gasteiger partial charge is 0.223 e. The topological polar surface area (TPSA) is 97.2 Å². The van der Waals surface area contributed by atoms with Gasteiger partial charge in [0.05, 0.1) is 25.4 Å². The fraction of sp³-hybridized carbons (Fsp3) is 0.781. The summed E-state index contributed by atoms with van der Waals surface area (Å²) in [4.78, 5) is 13.0. The van der Waals surface area contributed by atoms with Crippen LogP contribution in [0.3, 0.4) is 0 Å². The number of benzene rings is 1. The third-order valence-corrected chi connectivity index (χ3v) is 8.33. The number of amides is 1. The van der Waals surface area contributed by atoms with Crippen LogP contribution in [0.4, 0.5) is 0 Å². The van der Waals surface area contributed by atoms with Crippen molar-refractivity contribution in [2.45, 2.75) is 104 Å². The van der Waals surface area contributed by atoms with Crippen molar-refractivity contribution in [3.05, 3.63) is 23.8 Å². The SMILES string of the molecule is COCCCOc1cc(CC(CC[C@@H](O)CC(C(=O)NCC2(O)CCCCC2)C(C)C)C(C)C)ccc1OC. The van der Waals surface area contributed by atoms with Gasteiger partial charge < -0.3 is 29.7 Å². The maximum atomic E-state index is 13.0. The van der Waals surface area contributed by atoms with E-state index >= 15 is 0 Å². The van der Waals surface area contributed by atoms with Crippen molar-refractivity contribution in [3.63, 3.8) is 0 Å². The Labute approximate surface area is 237 Å². The Hall–Kier alpha value is -1.83. The number of nitrogens with one attached hydrogen (secondary N) is 1. The highest BCUT2D eigenvalue weighted by Crippen LogP contribution is 2.32. The molecule has 7 nitrogen and oxygen atoms in total. The van der Waals surface area contributed by atoms with Crippen molar-refractivity contribution in [1.29, 1.82) is 0 Å². The van der Waals surface area contributed by atoms with Crippen LogP contribution in [0.15, 0.2) is 18.2 Å². The number of hydrogen-bond acceptors (Lipinski definition) is 6. The van der Waals surface area contributed by atoms with Crippen LogP contribution in [0.5, 0.6) is 11.5 Å². The van der Waals surface area contributed by atoms with Crippen molar-refractivity contribution >= 4 is 5.91 Å². The molecule has 0 heterocycles. The Bertz CT molecular complexity index is 836. The Morgan fingerprint density at radius 1 is 1.00 bits per heavy atom. The molecule has 1 aliphatic carbocycles. The molecule has 1 aromatic carbocycles. The lowest BCUT2D eigenvalue weighted by Gasteiger charge is -2.33. The third kappa shape index (κ3) is 11.7. The second kappa shape index (κ2) is 17.1. The molecule has 0 radical (unpaired) electrons. The van der Waals surface area contributed by atoms with Gasteiger partial charge in [-0.05, 0) is 74.0 Å². The first-order chi connectivity index (χ1) is 18.6. The summed E-state index contributed by atoms with van der Waals surface area (Å²) in [5.74, 6) is 2.10. The molecule has 0 saturated heterocycles. The van der Waals surface area contributed by atoms with Gasteiger partial charge in [0.15, 0.2) is 11.5 Å². The van der Waals surface area contributed by atoms with Gasteiger partial charge in [-0.3, -0.25) is 4.79 Å². The zero-order chi connectivity index (χ0) is 28.8. The first-order valence-corrected chi connectivity index (χ1v) is 15.0. The van der Waals surface area contributed by atoms with E-state index in [1.807, 2.05) is 19.9 Å². The van der Waals surface area contributed by atoms with E-state index in [1.54, 1.807) is 14.2 Å². The summed E-state index contributed by atoms with van der Waals surface area (Å²) < 4.78 is 16.6. The van der Waals surface area contributed by atoms with Gasteiger partial charge in [-0.15, -0.1) is 0 Å². The number of methoxy groups -OCH3 is 2. The summed E-state index contributed by atoms with van der Waals surface area (Å²) in [5.41, 5.74) is 0.403. The number of hydrogen-bond donors (Lipinski definition) is 3. The molecule has 2 rings (SSSR count). The highest BCUT2D eigenvalue weighted by molar-refractivity contribution is 5.79. The molecule has 0 aliphatic heterocycles. The number of aliphatic hydroxyl groups excluding tert-OH is 1. The second-order valence-electron chi connectivity index (χ2n) is 12.2. The number of carbonyl (C=O) groups is 1. The monoisotopic (exact) mass is 549 g/mol. The lowest BCUT2D eigenvalue weighted by atomic mass is 9.82. The van der Waals surface area contributed by atoms with Crippen molar-refractivity contribution in [3.8, 4) is 11.5 Å². The lowest BCUT2D eigenvalue weighted by Crippen LogP contribution is -2.46. The molecular formula is C32H55NO6. The van der Waals surface area contributed by atoms with Gasteiger partial charge in [0.2, 0.25) is 5.91 Å². The minimum Gasteiger partial charge on any atom is -0.493 e. The van der Waals surface area contributed by atoms with E-state index in [0.29, 0.717) is 44.4 Å². The van der Waals surface area contributed by atoms with Gasteiger partial charge in [0.1, 0.15) is 0 Å². The van der Waals surface area contributed by atoms with E-state index in [1.165, 1.54) is 5.56 Å². The predicted molar refractivity (Wildman–Crippen MR) is 156 cm³/mol. The van der Waals surface area contributed by atoms with Gasteiger partial charge >= 0.3 is 0 Å². The lowest BCUT2D eigenvalue weighted by molar-refractivity contribution is -0.129. The van der Waals surface area contributed by atoms with E-state index in [0.717, 1.165) is 62.9 Å². The van der Waals surface area contributed by atoms with Crippen LogP contribution in [0.2, 0.25) is 0 Å². The predicted octanol–water partition coefficient (Wildman–Crippen LogP) is 5.54. The molecular weight excluding hydrogens is 494 g/mol. The maximum absolute atomic E-state index is 13.0. The van der Waals surface area contributed by atoms with Crippen LogP contribution in [0.25, 0.3) is 0 Å².